The number of nitrogens with one attached hydrogen (secondary N) is 2. The fourth-order valence-electron chi connectivity index (χ4n) is 3.17. The zero-order chi connectivity index (χ0) is 21.5. The first-order valence-corrected chi connectivity index (χ1v) is 11.6. The Morgan fingerprint density at radius 1 is 1.43 bits per heavy atom. The van der Waals surface area contributed by atoms with Crippen molar-refractivity contribution in [2.45, 2.75) is 44.7 Å². The average Bonchev–Trinajstić information content (AvgIpc) is 3.19. The highest BCUT2D eigenvalue weighted by Gasteiger charge is 2.21. The first kappa shape index (κ1) is 22.5. The highest BCUT2D eigenvalue weighted by molar-refractivity contribution is 7.77. The standard InChI is InChI=1S/C21H24FN3O3S2/c1-2-16-13-29-21(23-16)19(11-14-7-9-17(10-8-14)25-30(27)28)24-20(26)12-15-5-3-4-6-18(15)22/h3-9,13,17,19,25H,2,10-12H2,1H3,(H,24,26)(H,27,28)/t17?,19-/m0/s1. The summed E-state index contributed by atoms with van der Waals surface area (Å²) >= 11 is -0.575. The Balaban J connectivity index is 1.70. The van der Waals surface area contributed by atoms with Crippen LogP contribution in [0.2, 0.25) is 0 Å². The third kappa shape index (κ3) is 6.40. The van der Waals surface area contributed by atoms with Gasteiger partial charge >= 0.3 is 0 Å². The Morgan fingerprint density at radius 3 is 2.87 bits per heavy atom. The second kappa shape index (κ2) is 10.7. The summed E-state index contributed by atoms with van der Waals surface area (Å²) in [5.41, 5.74) is 2.32. The van der Waals surface area contributed by atoms with Crippen molar-refractivity contribution in [2.75, 3.05) is 0 Å². The van der Waals surface area contributed by atoms with Crippen molar-refractivity contribution in [3.05, 3.63) is 75.5 Å². The molecule has 2 aromatic rings. The molecule has 1 aromatic carbocycles. The van der Waals surface area contributed by atoms with Crippen molar-refractivity contribution < 1.29 is 17.9 Å². The maximum Gasteiger partial charge on any atom is 0.232 e. The first-order valence-electron chi connectivity index (χ1n) is 9.66. The molecule has 3 rings (SSSR count). The van der Waals surface area contributed by atoms with Gasteiger partial charge in [-0.25, -0.2) is 18.3 Å². The van der Waals surface area contributed by atoms with Gasteiger partial charge in [-0.05, 0) is 36.5 Å². The minimum Gasteiger partial charge on any atom is -0.346 e. The van der Waals surface area contributed by atoms with Crippen LogP contribution in [-0.2, 0) is 28.9 Å². The molecule has 0 fully saturated rings. The normalized spacial score (nSPS) is 18.0. The van der Waals surface area contributed by atoms with Crippen molar-refractivity contribution in [1.29, 1.82) is 0 Å². The average molecular weight is 450 g/mol. The van der Waals surface area contributed by atoms with Crippen LogP contribution in [0, 0.1) is 5.82 Å². The molecule has 6 nitrogen and oxygen atoms in total. The minimum absolute atomic E-state index is 0.0433. The highest BCUT2D eigenvalue weighted by Crippen LogP contribution is 2.27. The maximum atomic E-state index is 13.9. The van der Waals surface area contributed by atoms with Gasteiger partial charge in [-0.3, -0.25) is 9.35 Å². The molecule has 3 atom stereocenters. The zero-order valence-corrected chi connectivity index (χ0v) is 18.1. The summed E-state index contributed by atoms with van der Waals surface area (Å²) in [6.45, 7) is 2.02. The van der Waals surface area contributed by atoms with E-state index in [0.717, 1.165) is 22.7 Å². The SMILES string of the molecule is CCc1csc([C@H](CC2=CCC(NS(=O)O)C=C2)NC(=O)Cc2ccccc2F)n1. The Bertz CT molecular complexity index is 974. The number of rotatable bonds is 9. The molecule has 0 radical (unpaired) electrons. The predicted octanol–water partition coefficient (Wildman–Crippen LogP) is 3.62. The number of thiazole rings is 1. The Labute approximate surface area is 181 Å². The Morgan fingerprint density at radius 2 is 2.23 bits per heavy atom. The van der Waals surface area contributed by atoms with Gasteiger partial charge in [-0.1, -0.05) is 43.4 Å². The number of nitrogens with zero attached hydrogens (tertiary/aromatic N) is 1. The fraction of sp³-hybridized carbons (Fsp3) is 0.333. The smallest absolute Gasteiger partial charge is 0.232 e. The van der Waals surface area contributed by atoms with E-state index in [4.69, 9.17) is 4.55 Å². The summed E-state index contributed by atoms with van der Waals surface area (Å²) in [5.74, 6) is -0.668. The van der Waals surface area contributed by atoms with Gasteiger partial charge in [0.15, 0.2) is 0 Å². The van der Waals surface area contributed by atoms with Crippen LogP contribution in [0.25, 0.3) is 0 Å². The van der Waals surface area contributed by atoms with E-state index in [1.165, 1.54) is 17.4 Å². The lowest BCUT2D eigenvalue weighted by atomic mass is 9.98. The van der Waals surface area contributed by atoms with Crippen LogP contribution >= 0.6 is 11.3 Å². The second-order valence-electron chi connectivity index (χ2n) is 6.97. The van der Waals surface area contributed by atoms with Crippen molar-refractivity contribution >= 4 is 28.5 Å². The lowest BCUT2D eigenvalue weighted by Crippen LogP contribution is -2.31. The third-order valence-electron chi connectivity index (χ3n) is 4.74. The van der Waals surface area contributed by atoms with E-state index in [0.29, 0.717) is 18.4 Å². The summed E-state index contributed by atoms with van der Waals surface area (Å²) in [4.78, 5) is 17.2. The van der Waals surface area contributed by atoms with E-state index in [1.807, 2.05) is 30.5 Å². The van der Waals surface area contributed by atoms with Crippen LogP contribution in [0.15, 0.2) is 53.4 Å². The monoisotopic (exact) mass is 449 g/mol. The number of hydrogen-bond acceptors (Lipinski definition) is 4. The summed E-state index contributed by atoms with van der Waals surface area (Å²) in [6, 6.07) is 5.71. The number of benzene rings is 1. The zero-order valence-electron chi connectivity index (χ0n) is 16.5. The summed E-state index contributed by atoms with van der Waals surface area (Å²) < 4.78 is 36.3. The van der Waals surface area contributed by atoms with E-state index >= 15 is 0 Å². The van der Waals surface area contributed by atoms with Gasteiger partial charge < -0.3 is 5.32 Å². The van der Waals surface area contributed by atoms with Crippen LogP contribution < -0.4 is 10.0 Å². The van der Waals surface area contributed by atoms with Crippen molar-refractivity contribution in [3.8, 4) is 0 Å². The first-order chi connectivity index (χ1) is 14.4. The molecule has 2 unspecified atom stereocenters. The third-order valence-corrected chi connectivity index (χ3v) is 6.25. The summed E-state index contributed by atoms with van der Waals surface area (Å²) in [6.07, 6.45) is 7.57. The van der Waals surface area contributed by atoms with E-state index in [-0.39, 0.29) is 24.4 Å². The topological polar surface area (TPSA) is 91.3 Å². The maximum absolute atomic E-state index is 13.9. The largest absolute Gasteiger partial charge is 0.346 e. The van der Waals surface area contributed by atoms with Gasteiger partial charge in [0.1, 0.15) is 10.8 Å². The molecule has 1 aliphatic rings. The second-order valence-corrected chi connectivity index (χ2v) is 8.59. The molecule has 1 heterocycles. The Hall–Kier alpha value is -2.20. The van der Waals surface area contributed by atoms with Crippen molar-refractivity contribution in [2.24, 2.45) is 0 Å². The highest BCUT2D eigenvalue weighted by atomic mass is 32.2. The molecule has 0 saturated heterocycles. The van der Waals surface area contributed by atoms with Crippen LogP contribution in [0.1, 0.15) is 42.1 Å². The summed E-state index contributed by atoms with van der Waals surface area (Å²) in [5, 5.41) is 5.78. The molecule has 1 aliphatic carbocycles. The van der Waals surface area contributed by atoms with Crippen LogP contribution in [0.3, 0.4) is 0 Å². The number of carbonyl (C=O) groups is 1. The molecule has 1 aromatic heterocycles. The lowest BCUT2D eigenvalue weighted by molar-refractivity contribution is -0.121. The molecular formula is C21H24FN3O3S2. The van der Waals surface area contributed by atoms with Gasteiger partial charge in [0, 0.05) is 11.4 Å². The molecule has 9 heteroatoms. The number of amides is 1. The molecule has 0 spiro atoms. The Kier molecular flexibility index (Phi) is 8.03. The molecule has 3 N–H and O–H groups in total. The van der Waals surface area contributed by atoms with E-state index < -0.39 is 17.1 Å². The van der Waals surface area contributed by atoms with Crippen molar-refractivity contribution in [1.82, 2.24) is 15.0 Å². The van der Waals surface area contributed by atoms with Gasteiger partial charge in [0.05, 0.1) is 18.2 Å². The number of hydrogen-bond donors (Lipinski definition) is 3. The quantitative estimate of drug-likeness (QED) is 0.510. The molecule has 30 heavy (non-hydrogen) atoms. The molecular weight excluding hydrogens is 425 g/mol. The number of allylic oxidation sites excluding steroid dienone is 1. The van der Waals surface area contributed by atoms with Crippen LogP contribution in [-0.4, -0.2) is 25.7 Å². The molecule has 0 saturated carbocycles. The molecule has 1 amide bonds. The van der Waals surface area contributed by atoms with Gasteiger partial charge in [-0.15, -0.1) is 11.3 Å². The predicted molar refractivity (Wildman–Crippen MR) is 117 cm³/mol. The number of aromatic nitrogens is 1. The fourth-order valence-corrected chi connectivity index (χ4v) is 4.56. The van der Waals surface area contributed by atoms with Gasteiger partial charge in [0.25, 0.3) is 0 Å². The van der Waals surface area contributed by atoms with E-state index in [9.17, 15) is 13.4 Å². The molecule has 0 bridgehead atoms. The molecule has 160 valence electrons. The summed E-state index contributed by atoms with van der Waals surface area (Å²) in [7, 11) is 0. The van der Waals surface area contributed by atoms with Crippen molar-refractivity contribution in [3.63, 3.8) is 0 Å². The number of halogens is 1. The minimum atomic E-state index is -2.07. The number of aryl methyl sites for hydroxylation is 1. The van der Waals surface area contributed by atoms with Crippen LogP contribution in [0.5, 0.6) is 0 Å². The van der Waals surface area contributed by atoms with Gasteiger partial charge in [0.2, 0.25) is 17.2 Å². The van der Waals surface area contributed by atoms with Crippen LogP contribution in [0.4, 0.5) is 4.39 Å². The van der Waals surface area contributed by atoms with E-state index in [2.05, 4.69) is 15.0 Å². The number of carbonyl (C=O) groups excluding carboxylic acids is 1. The lowest BCUT2D eigenvalue weighted by Gasteiger charge is -2.20. The van der Waals surface area contributed by atoms with Gasteiger partial charge in [-0.2, -0.15) is 0 Å². The van der Waals surface area contributed by atoms with E-state index in [1.54, 1.807) is 18.2 Å². The molecule has 0 aliphatic heterocycles.